The van der Waals surface area contributed by atoms with E-state index in [9.17, 15) is 10.2 Å². The summed E-state index contributed by atoms with van der Waals surface area (Å²) in [6.45, 7) is 6.24. The monoisotopic (exact) mass is 382 g/mol. The zero-order valence-electron chi connectivity index (χ0n) is 15.3. The second-order valence-electron chi connectivity index (χ2n) is 6.71. The Kier molecular flexibility index (Phi) is 8.00. The first kappa shape index (κ1) is 21.2. The minimum absolute atomic E-state index is 0.0472. The fourth-order valence-electron chi connectivity index (χ4n) is 2.12. The van der Waals surface area contributed by atoms with E-state index in [2.05, 4.69) is 41.5 Å². The van der Waals surface area contributed by atoms with Gasteiger partial charge in [-0.1, -0.05) is 65.7 Å². The van der Waals surface area contributed by atoms with Crippen LogP contribution in [0.4, 0.5) is 0 Å². The topological polar surface area (TPSA) is 58.9 Å². The number of aliphatic hydroxyl groups excluding tert-OH is 2. The van der Waals surface area contributed by atoms with Gasteiger partial charge in [0, 0.05) is 26.7 Å². The summed E-state index contributed by atoms with van der Waals surface area (Å²) in [5, 5.41) is 20.5. The van der Waals surface area contributed by atoms with E-state index < -0.39 is 24.7 Å². The van der Waals surface area contributed by atoms with Crippen LogP contribution < -0.4 is 5.19 Å². The van der Waals surface area contributed by atoms with Gasteiger partial charge < -0.3 is 19.1 Å². The summed E-state index contributed by atoms with van der Waals surface area (Å²) in [4.78, 5) is 0. The van der Waals surface area contributed by atoms with E-state index in [0.29, 0.717) is 0 Å². The van der Waals surface area contributed by atoms with Gasteiger partial charge in [-0.05, 0) is 12.2 Å². The molecule has 0 saturated carbocycles. The molecule has 24 heavy (non-hydrogen) atoms. The van der Waals surface area contributed by atoms with Crippen molar-refractivity contribution in [2.75, 3.05) is 26.7 Å². The summed E-state index contributed by atoms with van der Waals surface area (Å²) in [6, 6.07) is 10.4. The van der Waals surface area contributed by atoms with E-state index in [4.69, 9.17) is 8.85 Å². The maximum absolute atomic E-state index is 9.60. The second kappa shape index (κ2) is 9.05. The van der Waals surface area contributed by atoms with Gasteiger partial charge in [-0.25, -0.2) is 0 Å². The van der Waals surface area contributed by atoms with Gasteiger partial charge in [0.05, 0.1) is 0 Å². The minimum Gasteiger partial charge on any atom is -0.399 e. The van der Waals surface area contributed by atoms with Crippen LogP contribution in [0, 0.1) is 0 Å². The van der Waals surface area contributed by atoms with Gasteiger partial charge in [-0.2, -0.15) is 0 Å². The van der Waals surface area contributed by atoms with E-state index in [0.717, 1.165) is 0 Å². The van der Waals surface area contributed by atoms with Gasteiger partial charge in [0.25, 0.3) is 0 Å². The number of rotatable bonds is 9. The van der Waals surface area contributed by atoms with Crippen LogP contribution >= 0.6 is 0 Å². The SMILES string of the molecule is CO[Si](C)(C=C[Si](C)(C=C[Si](C)(CO)CO)c1ccccc1)OC. The Balaban J connectivity index is 3.28. The fourth-order valence-corrected chi connectivity index (χ4v) is 9.87. The van der Waals surface area contributed by atoms with Crippen LogP contribution in [0.15, 0.2) is 53.1 Å². The van der Waals surface area contributed by atoms with Crippen LogP contribution in [-0.2, 0) is 8.85 Å². The molecule has 1 atom stereocenters. The molecule has 7 heteroatoms. The highest BCUT2D eigenvalue weighted by Gasteiger charge is 2.31. The van der Waals surface area contributed by atoms with Gasteiger partial charge in [-0.15, -0.1) is 0 Å². The molecule has 0 aromatic heterocycles. The number of aliphatic hydroxyl groups is 2. The Morgan fingerprint density at radius 1 is 0.833 bits per heavy atom. The molecule has 0 aliphatic rings. The lowest BCUT2D eigenvalue weighted by Gasteiger charge is -2.26. The molecule has 2 N–H and O–H groups in total. The number of benzene rings is 1. The third-order valence-corrected chi connectivity index (χ3v) is 13.3. The summed E-state index contributed by atoms with van der Waals surface area (Å²) in [5.74, 6) is 0. The Morgan fingerprint density at radius 3 is 1.79 bits per heavy atom. The van der Waals surface area contributed by atoms with Gasteiger partial charge >= 0.3 is 8.56 Å². The normalized spacial score (nSPS) is 16.0. The molecule has 0 fully saturated rings. The van der Waals surface area contributed by atoms with Crippen molar-refractivity contribution in [2.45, 2.75) is 19.6 Å². The maximum atomic E-state index is 9.60. The molecule has 0 bridgehead atoms. The van der Waals surface area contributed by atoms with Crippen molar-refractivity contribution < 1.29 is 19.1 Å². The zero-order valence-corrected chi connectivity index (χ0v) is 18.3. The smallest absolute Gasteiger partial charge is 0.360 e. The lowest BCUT2D eigenvalue weighted by Crippen LogP contribution is -2.45. The van der Waals surface area contributed by atoms with Crippen molar-refractivity contribution >= 4 is 29.9 Å². The van der Waals surface area contributed by atoms with E-state index >= 15 is 0 Å². The van der Waals surface area contributed by atoms with Crippen LogP contribution in [0.1, 0.15) is 0 Å². The average Bonchev–Trinajstić information content (AvgIpc) is 2.65. The van der Waals surface area contributed by atoms with Crippen molar-refractivity contribution in [2.24, 2.45) is 0 Å². The third-order valence-electron chi connectivity index (χ3n) is 4.49. The molecule has 1 unspecified atom stereocenters. The first-order chi connectivity index (χ1) is 11.3. The van der Waals surface area contributed by atoms with E-state index in [-0.39, 0.29) is 12.5 Å². The first-order valence-corrected chi connectivity index (χ1v) is 16.1. The Hall–Kier alpha value is -0.809. The van der Waals surface area contributed by atoms with E-state index in [1.54, 1.807) is 14.2 Å². The standard InChI is InChI=1S/C17H30O4Si3/c1-20-24(5,21-2)14-13-23(4,17-9-7-6-8-10-17)12-11-22(3,15-18)16-19/h6-14,18-19H,15-16H2,1-5H3. The Labute approximate surface area is 148 Å². The van der Waals surface area contributed by atoms with Crippen LogP contribution in [0.5, 0.6) is 0 Å². The van der Waals surface area contributed by atoms with E-state index in [1.165, 1.54) is 5.19 Å². The average molecular weight is 383 g/mol. The largest absolute Gasteiger partial charge is 0.399 e. The lowest BCUT2D eigenvalue weighted by molar-refractivity contribution is 0.264. The van der Waals surface area contributed by atoms with Crippen molar-refractivity contribution in [1.29, 1.82) is 0 Å². The number of hydrogen-bond donors (Lipinski definition) is 2. The molecule has 0 radical (unpaired) electrons. The molecule has 0 aliphatic carbocycles. The predicted molar refractivity (Wildman–Crippen MR) is 107 cm³/mol. The van der Waals surface area contributed by atoms with Crippen molar-refractivity contribution in [3.05, 3.63) is 53.1 Å². The highest BCUT2D eigenvalue weighted by Crippen LogP contribution is 2.15. The summed E-state index contributed by atoms with van der Waals surface area (Å²) in [7, 11) is -3.18. The Bertz CT molecular complexity index is 524. The Morgan fingerprint density at radius 2 is 1.33 bits per heavy atom. The highest BCUT2D eigenvalue weighted by atomic mass is 28.4. The molecule has 134 valence electrons. The van der Waals surface area contributed by atoms with Crippen LogP contribution in [0.25, 0.3) is 0 Å². The van der Waals surface area contributed by atoms with Crippen LogP contribution in [0.2, 0.25) is 19.6 Å². The molecule has 0 aliphatic heterocycles. The summed E-state index contributed by atoms with van der Waals surface area (Å²) in [6.07, 6.45) is 0.0944. The third kappa shape index (κ3) is 5.62. The van der Waals surface area contributed by atoms with Gasteiger partial charge in [0.15, 0.2) is 0 Å². The van der Waals surface area contributed by atoms with Gasteiger partial charge in [0.2, 0.25) is 0 Å². The lowest BCUT2D eigenvalue weighted by atomic mass is 10.4. The predicted octanol–water partition coefficient (Wildman–Crippen LogP) is 1.75. The molecule has 0 heterocycles. The molecular formula is C17H30O4Si3. The highest BCUT2D eigenvalue weighted by molar-refractivity contribution is 7.00. The fraction of sp³-hybridized carbons (Fsp3) is 0.412. The molecular weight excluding hydrogens is 352 g/mol. The van der Waals surface area contributed by atoms with Crippen molar-refractivity contribution in [1.82, 2.24) is 0 Å². The summed E-state index contributed by atoms with van der Waals surface area (Å²) in [5.41, 5.74) is 8.63. The molecule has 0 saturated heterocycles. The summed E-state index contributed by atoms with van der Waals surface area (Å²) < 4.78 is 11.1. The number of hydrogen-bond acceptors (Lipinski definition) is 4. The molecule has 0 amide bonds. The maximum Gasteiger partial charge on any atom is 0.360 e. The molecule has 1 rings (SSSR count). The molecule has 0 spiro atoms. The molecule has 4 nitrogen and oxygen atoms in total. The molecule has 1 aromatic rings. The minimum atomic E-state index is -2.30. The van der Waals surface area contributed by atoms with Crippen molar-refractivity contribution in [3.63, 3.8) is 0 Å². The van der Waals surface area contributed by atoms with Crippen LogP contribution in [0.3, 0.4) is 0 Å². The van der Waals surface area contributed by atoms with Gasteiger partial charge in [0.1, 0.15) is 16.1 Å². The first-order valence-electron chi connectivity index (χ1n) is 8.05. The van der Waals surface area contributed by atoms with E-state index in [1.807, 2.05) is 31.3 Å². The summed E-state index contributed by atoms with van der Waals surface area (Å²) >= 11 is 0. The zero-order chi connectivity index (χ0) is 18.3. The van der Waals surface area contributed by atoms with Crippen molar-refractivity contribution in [3.8, 4) is 0 Å². The van der Waals surface area contributed by atoms with Crippen LogP contribution in [-0.4, -0.2) is 61.6 Å². The van der Waals surface area contributed by atoms with Gasteiger partial charge in [-0.3, -0.25) is 0 Å². The quantitative estimate of drug-likeness (QED) is 0.639. The molecule has 1 aromatic carbocycles. The second-order valence-corrected chi connectivity index (χ2v) is 18.0.